The Morgan fingerprint density at radius 2 is 2.39 bits per heavy atom. The molecule has 1 aliphatic heterocycles. The highest BCUT2D eigenvalue weighted by Crippen LogP contribution is 2.49. The number of fused-ring (bicyclic) bond motifs is 2. The topological polar surface area (TPSA) is 20.3 Å². The van der Waals surface area contributed by atoms with E-state index in [1.165, 1.54) is 10.5 Å². The van der Waals surface area contributed by atoms with Crippen LogP contribution in [0.4, 0.5) is 5.69 Å². The Balaban J connectivity index is 2.22. The Labute approximate surface area is 119 Å². The highest BCUT2D eigenvalue weighted by molar-refractivity contribution is 9.10. The first-order chi connectivity index (χ1) is 9.51. The average Bonchev–Trinajstić information content (AvgIpc) is 2.68. The molecule has 0 unspecified atom stereocenters. The first-order valence-electron chi connectivity index (χ1n) is 7.28. The SMILES string of the molecule is [2H]CN1C(=O)[C@]2(CC=C(C)CC2)c2ccc(Br)c([2H])c21. The highest BCUT2D eigenvalue weighted by Gasteiger charge is 2.49. The summed E-state index contributed by atoms with van der Waals surface area (Å²) in [6.45, 7) is 2.09. The standard InChI is InChI=1S/C15H16BrNO/c1-10-5-7-15(8-6-10)12-4-3-11(16)9-13(12)17(2)14(15)18/h3-5,9H,6-8H2,1-2H3/t15-/m0/s1/i2D,9D. The highest BCUT2D eigenvalue weighted by atomic mass is 79.9. The quantitative estimate of drug-likeness (QED) is 0.668. The summed E-state index contributed by atoms with van der Waals surface area (Å²) < 4.78 is 16.5. The van der Waals surface area contributed by atoms with Crippen molar-refractivity contribution in [3.63, 3.8) is 0 Å². The van der Waals surface area contributed by atoms with Gasteiger partial charge in [-0.2, -0.15) is 0 Å². The molecule has 2 aliphatic rings. The van der Waals surface area contributed by atoms with Gasteiger partial charge in [-0.25, -0.2) is 0 Å². The molecule has 94 valence electrons. The minimum atomic E-state index is -0.549. The number of hydrogen-bond acceptors (Lipinski definition) is 1. The number of benzene rings is 1. The third-order valence-corrected chi connectivity index (χ3v) is 4.54. The Bertz CT molecular complexity index is 629. The zero-order valence-electron chi connectivity index (χ0n) is 12.3. The van der Waals surface area contributed by atoms with Crippen LogP contribution in [0.3, 0.4) is 0 Å². The minimum Gasteiger partial charge on any atom is -0.314 e. The van der Waals surface area contributed by atoms with Gasteiger partial charge < -0.3 is 4.90 Å². The van der Waals surface area contributed by atoms with Crippen LogP contribution in [0.5, 0.6) is 0 Å². The van der Waals surface area contributed by atoms with E-state index in [-0.39, 0.29) is 12.9 Å². The van der Waals surface area contributed by atoms with Crippen LogP contribution in [0.2, 0.25) is 0 Å². The number of allylic oxidation sites excluding steroid dienone is 2. The van der Waals surface area contributed by atoms with E-state index in [1.54, 1.807) is 0 Å². The number of carbonyl (C=O) groups excluding carboxylic acids is 1. The number of anilines is 1. The maximum absolute atomic E-state index is 12.8. The molecule has 3 rings (SSSR count). The largest absolute Gasteiger partial charge is 0.314 e. The van der Waals surface area contributed by atoms with Crippen molar-refractivity contribution in [3.05, 3.63) is 39.9 Å². The number of halogens is 1. The van der Waals surface area contributed by atoms with Gasteiger partial charge in [-0.05, 0) is 43.9 Å². The molecule has 1 spiro atoms. The first kappa shape index (κ1) is 9.79. The van der Waals surface area contributed by atoms with Crippen LogP contribution in [-0.2, 0) is 10.2 Å². The summed E-state index contributed by atoms with van der Waals surface area (Å²) in [5.41, 5.74) is 2.31. The van der Waals surface area contributed by atoms with Gasteiger partial charge in [0.2, 0.25) is 5.91 Å². The molecule has 18 heavy (non-hydrogen) atoms. The normalized spacial score (nSPS) is 28.0. The van der Waals surface area contributed by atoms with Crippen molar-refractivity contribution >= 4 is 27.5 Å². The number of nitrogens with zero attached hydrogens (tertiary/aromatic N) is 1. The zero-order valence-corrected chi connectivity index (χ0v) is 11.9. The fourth-order valence-corrected chi connectivity index (χ4v) is 3.25. The van der Waals surface area contributed by atoms with Gasteiger partial charge in [0.25, 0.3) is 0 Å². The van der Waals surface area contributed by atoms with Gasteiger partial charge in [-0.1, -0.05) is 33.6 Å². The molecule has 1 aromatic rings. The Hall–Kier alpha value is -1.09. The molecule has 3 heteroatoms. The number of amides is 1. The van der Waals surface area contributed by atoms with Crippen molar-refractivity contribution in [3.8, 4) is 0 Å². The molecule has 1 aromatic carbocycles. The molecule has 0 N–H and O–H groups in total. The molecule has 1 amide bonds. The summed E-state index contributed by atoms with van der Waals surface area (Å²) in [5.74, 6) is -0.0159. The fraction of sp³-hybridized carbons (Fsp3) is 0.400. The number of likely N-dealkylation sites (N-methyl/N-ethyl adjacent to an activating group) is 1. The Kier molecular flexibility index (Phi) is 2.15. The van der Waals surface area contributed by atoms with E-state index < -0.39 is 5.41 Å². The van der Waals surface area contributed by atoms with Crippen molar-refractivity contribution in [2.24, 2.45) is 0 Å². The molecule has 1 heterocycles. The van der Waals surface area contributed by atoms with E-state index in [0.717, 1.165) is 18.4 Å². The summed E-state index contributed by atoms with van der Waals surface area (Å²) >= 11 is 3.35. The average molecular weight is 308 g/mol. The van der Waals surface area contributed by atoms with E-state index in [0.29, 0.717) is 22.6 Å². The summed E-state index contributed by atoms with van der Waals surface area (Å²) in [6, 6.07) is 4.10. The number of hydrogen-bond donors (Lipinski definition) is 0. The molecule has 0 radical (unpaired) electrons. The molecule has 0 saturated heterocycles. The molecule has 0 fully saturated rings. The second kappa shape index (κ2) is 3.95. The van der Waals surface area contributed by atoms with Crippen molar-refractivity contribution < 1.29 is 7.54 Å². The zero-order chi connectivity index (χ0) is 14.5. The number of carbonyl (C=O) groups is 1. The van der Waals surface area contributed by atoms with Gasteiger partial charge in [0.15, 0.2) is 0 Å². The van der Waals surface area contributed by atoms with Crippen molar-refractivity contribution in [2.75, 3.05) is 11.9 Å². The minimum absolute atomic E-state index is 0.0159. The Morgan fingerprint density at radius 3 is 3.06 bits per heavy atom. The predicted molar refractivity (Wildman–Crippen MR) is 76.8 cm³/mol. The van der Waals surface area contributed by atoms with Crippen LogP contribution in [0.1, 0.15) is 34.5 Å². The third-order valence-electron chi connectivity index (χ3n) is 4.07. The van der Waals surface area contributed by atoms with Crippen molar-refractivity contribution in [1.29, 1.82) is 0 Å². The smallest absolute Gasteiger partial charge is 0.237 e. The first-order valence-corrected chi connectivity index (χ1v) is 6.87. The molecule has 0 saturated carbocycles. The van der Waals surface area contributed by atoms with Crippen LogP contribution < -0.4 is 4.90 Å². The summed E-state index contributed by atoms with van der Waals surface area (Å²) in [6.07, 6.45) is 4.49. The third kappa shape index (κ3) is 1.50. The molecule has 1 atom stereocenters. The predicted octanol–water partition coefficient (Wildman–Crippen LogP) is 3.79. The lowest BCUT2D eigenvalue weighted by atomic mass is 9.71. The van der Waals surface area contributed by atoms with E-state index in [9.17, 15) is 4.79 Å². The van der Waals surface area contributed by atoms with E-state index in [4.69, 9.17) is 2.74 Å². The van der Waals surface area contributed by atoms with Crippen LogP contribution in [0.15, 0.2) is 34.3 Å². The van der Waals surface area contributed by atoms with Crippen LogP contribution in [0.25, 0.3) is 0 Å². The molecular weight excluding hydrogens is 290 g/mol. The summed E-state index contributed by atoms with van der Waals surface area (Å²) in [5, 5.41) is 0. The van der Waals surface area contributed by atoms with E-state index >= 15 is 0 Å². The molecule has 0 aromatic heterocycles. The van der Waals surface area contributed by atoms with Crippen LogP contribution >= 0.6 is 15.9 Å². The lowest BCUT2D eigenvalue weighted by Gasteiger charge is -2.30. The van der Waals surface area contributed by atoms with Crippen molar-refractivity contribution in [1.82, 2.24) is 0 Å². The molecule has 0 bridgehead atoms. The van der Waals surface area contributed by atoms with Gasteiger partial charge in [0.05, 0.1) is 6.79 Å². The Morgan fingerprint density at radius 1 is 1.56 bits per heavy atom. The summed E-state index contributed by atoms with van der Waals surface area (Å²) in [4.78, 5) is 14.3. The molecule has 1 aliphatic carbocycles. The van der Waals surface area contributed by atoms with E-state index in [2.05, 4.69) is 28.9 Å². The fourth-order valence-electron chi connectivity index (χ4n) is 2.93. The lowest BCUT2D eigenvalue weighted by Crippen LogP contribution is -2.39. The van der Waals surface area contributed by atoms with Gasteiger partial charge >= 0.3 is 0 Å². The summed E-state index contributed by atoms with van der Waals surface area (Å²) in [7, 11) is -0.126. The lowest BCUT2D eigenvalue weighted by molar-refractivity contribution is -0.123. The maximum atomic E-state index is 12.8. The van der Waals surface area contributed by atoms with Crippen LogP contribution in [0, 0.1) is 0 Å². The van der Waals surface area contributed by atoms with Gasteiger partial charge in [0, 0.05) is 18.6 Å². The molecule has 2 nitrogen and oxygen atoms in total. The second-order valence-corrected chi connectivity index (χ2v) is 5.99. The van der Waals surface area contributed by atoms with Crippen molar-refractivity contribution in [2.45, 2.75) is 31.6 Å². The monoisotopic (exact) mass is 307 g/mol. The van der Waals surface area contributed by atoms with Gasteiger partial charge in [-0.15, -0.1) is 0 Å². The second-order valence-electron chi connectivity index (χ2n) is 5.14. The number of rotatable bonds is 0. The van der Waals surface area contributed by atoms with Crippen LogP contribution in [-0.4, -0.2) is 12.9 Å². The van der Waals surface area contributed by atoms with Gasteiger partial charge in [0.1, 0.15) is 0 Å². The maximum Gasteiger partial charge on any atom is 0.237 e. The van der Waals surface area contributed by atoms with Gasteiger partial charge in [-0.3, -0.25) is 4.79 Å². The van der Waals surface area contributed by atoms with E-state index in [1.807, 2.05) is 12.1 Å². The molecular formula is C15H16BrNO.